The van der Waals surface area contributed by atoms with Crippen molar-refractivity contribution in [1.29, 1.82) is 0 Å². The lowest BCUT2D eigenvalue weighted by Gasteiger charge is -2.37. The van der Waals surface area contributed by atoms with Crippen molar-refractivity contribution < 1.29 is 18.0 Å². The number of nitrogens with one attached hydrogen (secondary N) is 2. The molecule has 0 bridgehead atoms. The molecule has 2 N–H and O–H groups in total. The van der Waals surface area contributed by atoms with E-state index in [4.69, 9.17) is 23.2 Å². The van der Waals surface area contributed by atoms with E-state index in [1.165, 1.54) is 18.2 Å². The van der Waals surface area contributed by atoms with Crippen molar-refractivity contribution in [3.05, 3.63) is 76.4 Å². The van der Waals surface area contributed by atoms with Crippen LogP contribution in [0.4, 0.5) is 17.2 Å². The fourth-order valence-corrected chi connectivity index (χ4v) is 7.80. The van der Waals surface area contributed by atoms with E-state index in [2.05, 4.69) is 33.5 Å². The highest BCUT2D eigenvalue weighted by atomic mass is 35.5. The van der Waals surface area contributed by atoms with Crippen molar-refractivity contribution in [2.24, 2.45) is 5.92 Å². The van der Waals surface area contributed by atoms with Crippen LogP contribution in [0.2, 0.25) is 10.0 Å². The molecule has 41 heavy (non-hydrogen) atoms. The van der Waals surface area contributed by atoms with Crippen LogP contribution in [-0.4, -0.2) is 50.9 Å². The van der Waals surface area contributed by atoms with E-state index in [-0.39, 0.29) is 27.0 Å². The molecule has 2 aromatic carbocycles. The molecule has 2 aliphatic heterocycles. The van der Waals surface area contributed by atoms with E-state index in [1.807, 2.05) is 12.3 Å². The van der Waals surface area contributed by atoms with E-state index in [9.17, 15) is 18.0 Å². The Morgan fingerprint density at radius 3 is 2.59 bits per heavy atom. The fraction of sp³-hybridized carbons (Fsp3) is 0.345. The summed E-state index contributed by atoms with van der Waals surface area (Å²) < 4.78 is 28.8. The predicted octanol–water partition coefficient (Wildman–Crippen LogP) is 5.03. The lowest BCUT2D eigenvalue weighted by atomic mass is 9.93. The van der Waals surface area contributed by atoms with Crippen molar-refractivity contribution in [1.82, 2.24) is 10.3 Å². The number of piperidine rings is 1. The van der Waals surface area contributed by atoms with Crippen molar-refractivity contribution in [2.45, 2.75) is 43.5 Å². The molecule has 1 fully saturated rings. The smallest absolute Gasteiger partial charge is 0.266 e. The van der Waals surface area contributed by atoms with E-state index in [0.29, 0.717) is 18.2 Å². The number of amides is 2. The van der Waals surface area contributed by atoms with Gasteiger partial charge in [0.05, 0.1) is 27.8 Å². The van der Waals surface area contributed by atoms with Gasteiger partial charge in [0.1, 0.15) is 16.8 Å². The van der Waals surface area contributed by atoms with Crippen LogP contribution in [0, 0.1) is 12.8 Å². The Labute approximate surface area is 249 Å². The standard InChI is InChI=1S/C29H31Cl2N5O4S/c1-19-6-5-14-33-28(19)35-16-12-20(13-17-35)11-15-32-26(37)18-24-29(38)34-22-8-2-3-9-23(22)36(24)41(39,40)25-10-4-7-21(30)27(25)31/h2-10,14,20,24H,11-13,15-18H2,1H3,(H,32,37)(H,34,38)/t24-/m1/s1. The summed E-state index contributed by atoms with van der Waals surface area (Å²) in [5, 5.41) is 5.54. The first-order valence-electron chi connectivity index (χ1n) is 13.5. The molecule has 1 saturated heterocycles. The number of para-hydroxylation sites is 2. The number of hydrogen-bond acceptors (Lipinski definition) is 6. The Balaban J connectivity index is 1.25. The number of aryl methyl sites for hydroxylation is 1. The number of anilines is 3. The van der Waals surface area contributed by atoms with Crippen LogP contribution in [0.25, 0.3) is 0 Å². The number of benzene rings is 2. The van der Waals surface area contributed by atoms with Gasteiger partial charge in [-0.3, -0.25) is 13.9 Å². The Morgan fingerprint density at radius 2 is 1.83 bits per heavy atom. The third kappa shape index (κ3) is 6.14. The number of pyridine rings is 1. The molecule has 12 heteroatoms. The molecule has 2 amide bonds. The minimum atomic E-state index is -4.36. The molecule has 1 atom stereocenters. The lowest BCUT2D eigenvalue weighted by molar-refractivity contribution is -0.125. The highest BCUT2D eigenvalue weighted by molar-refractivity contribution is 7.93. The summed E-state index contributed by atoms with van der Waals surface area (Å²) in [6.07, 6.45) is 4.22. The first-order valence-corrected chi connectivity index (χ1v) is 15.7. The van der Waals surface area contributed by atoms with Gasteiger partial charge in [-0.05, 0) is 68.0 Å². The number of halogens is 2. The maximum Gasteiger partial charge on any atom is 0.266 e. The number of nitrogens with zero attached hydrogens (tertiary/aromatic N) is 3. The first-order chi connectivity index (χ1) is 19.7. The summed E-state index contributed by atoms with van der Waals surface area (Å²) in [6.45, 7) is 4.29. The summed E-state index contributed by atoms with van der Waals surface area (Å²) in [6, 6.07) is 13.5. The summed E-state index contributed by atoms with van der Waals surface area (Å²) in [4.78, 5) is 32.8. The number of hydrogen-bond donors (Lipinski definition) is 2. The number of rotatable bonds is 8. The second-order valence-corrected chi connectivity index (χ2v) is 12.9. The van der Waals surface area contributed by atoms with Crippen LogP contribution in [-0.2, 0) is 19.6 Å². The van der Waals surface area contributed by atoms with Gasteiger partial charge in [-0.25, -0.2) is 13.4 Å². The number of sulfonamides is 1. The van der Waals surface area contributed by atoms with Crippen molar-refractivity contribution in [2.75, 3.05) is 34.2 Å². The maximum absolute atomic E-state index is 13.9. The van der Waals surface area contributed by atoms with Crippen LogP contribution in [0.3, 0.4) is 0 Å². The second-order valence-electron chi connectivity index (χ2n) is 10.3. The van der Waals surface area contributed by atoms with Crippen LogP contribution < -0.4 is 19.8 Å². The molecule has 3 aromatic rings. The molecule has 3 heterocycles. The molecule has 5 rings (SSSR count). The number of carbonyl (C=O) groups is 2. The summed E-state index contributed by atoms with van der Waals surface area (Å²) in [7, 11) is -4.36. The van der Waals surface area contributed by atoms with Crippen LogP contribution in [0.15, 0.2) is 65.7 Å². The van der Waals surface area contributed by atoms with Gasteiger partial charge >= 0.3 is 0 Å². The van der Waals surface area contributed by atoms with Crippen LogP contribution in [0.5, 0.6) is 0 Å². The molecule has 0 saturated carbocycles. The second kappa shape index (κ2) is 12.3. The SMILES string of the molecule is Cc1cccnc1N1CCC(CCNC(=O)C[C@@H]2C(=O)Nc3ccccc3N2S(=O)(=O)c2cccc(Cl)c2Cl)CC1. The van der Waals surface area contributed by atoms with E-state index < -0.39 is 27.9 Å². The number of fused-ring (bicyclic) bond motifs is 1. The van der Waals surface area contributed by atoms with Gasteiger partial charge in [0, 0.05) is 25.8 Å². The quantitative estimate of drug-likeness (QED) is 0.368. The van der Waals surface area contributed by atoms with Gasteiger partial charge in [0.15, 0.2) is 0 Å². The highest BCUT2D eigenvalue weighted by Gasteiger charge is 2.42. The predicted molar refractivity (Wildman–Crippen MR) is 161 cm³/mol. The van der Waals surface area contributed by atoms with E-state index in [1.54, 1.807) is 24.3 Å². The maximum atomic E-state index is 13.9. The summed E-state index contributed by atoms with van der Waals surface area (Å²) >= 11 is 12.4. The summed E-state index contributed by atoms with van der Waals surface area (Å²) in [5.41, 5.74) is 1.72. The lowest BCUT2D eigenvalue weighted by Crippen LogP contribution is -2.52. The highest BCUT2D eigenvalue weighted by Crippen LogP contribution is 2.40. The van der Waals surface area contributed by atoms with Gasteiger partial charge in [-0.1, -0.05) is 47.5 Å². The molecule has 1 aromatic heterocycles. The molecule has 2 aliphatic rings. The van der Waals surface area contributed by atoms with Crippen molar-refractivity contribution >= 4 is 62.2 Å². The molecular weight excluding hydrogens is 585 g/mol. The van der Waals surface area contributed by atoms with Crippen LogP contribution in [0.1, 0.15) is 31.2 Å². The number of carbonyl (C=O) groups excluding carboxylic acids is 2. The molecule has 0 radical (unpaired) electrons. The third-order valence-corrected chi connectivity index (χ3v) is 10.4. The molecule has 9 nitrogen and oxygen atoms in total. The zero-order valence-corrected chi connectivity index (χ0v) is 24.8. The molecule has 216 valence electrons. The minimum Gasteiger partial charge on any atom is -0.356 e. The van der Waals surface area contributed by atoms with Gasteiger partial charge < -0.3 is 15.5 Å². The molecule has 0 aliphatic carbocycles. The topological polar surface area (TPSA) is 112 Å². The van der Waals surface area contributed by atoms with Gasteiger partial charge in [0.25, 0.3) is 10.0 Å². The Kier molecular flexibility index (Phi) is 8.72. The summed E-state index contributed by atoms with van der Waals surface area (Å²) in [5.74, 6) is 0.452. The molecule has 0 unspecified atom stereocenters. The normalized spacial score (nSPS) is 17.6. The van der Waals surface area contributed by atoms with Crippen molar-refractivity contribution in [3.63, 3.8) is 0 Å². The van der Waals surface area contributed by atoms with Gasteiger partial charge in [-0.15, -0.1) is 0 Å². The molecular formula is C29H31Cl2N5O4S. The zero-order valence-electron chi connectivity index (χ0n) is 22.5. The Bertz CT molecular complexity index is 1560. The van der Waals surface area contributed by atoms with E-state index >= 15 is 0 Å². The van der Waals surface area contributed by atoms with Gasteiger partial charge in [-0.2, -0.15) is 0 Å². The first kappa shape index (κ1) is 29.2. The van der Waals surface area contributed by atoms with Gasteiger partial charge in [0.2, 0.25) is 11.8 Å². The Hall–Kier alpha value is -3.34. The van der Waals surface area contributed by atoms with Crippen molar-refractivity contribution in [3.8, 4) is 0 Å². The van der Waals surface area contributed by atoms with E-state index in [0.717, 1.165) is 48.0 Å². The minimum absolute atomic E-state index is 0.0674. The third-order valence-electron chi connectivity index (χ3n) is 7.59. The molecule has 0 spiro atoms. The monoisotopic (exact) mass is 615 g/mol. The largest absolute Gasteiger partial charge is 0.356 e. The average molecular weight is 617 g/mol. The van der Waals surface area contributed by atoms with Crippen LogP contribution >= 0.6 is 23.2 Å². The Morgan fingerprint density at radius 1 is 1.07 bits per heavy atom. The fourth-order valence-electron chi connectivity index (χ4n) is 5.43. The zero-order chi connectivity index (χ0) is 29.1. The number of aromatic nitrogens is 1. The average Bonchev–Trinajstić information content (AvgIpc) is 2.95.